The summed E-state index contributed by atoms with van der Waals surface area (Å²) in [6.45, 7) is 2.26. The van der Waals surface area contributed by atoms with E-state index >= 15 is 0 Å². The van der Waals surface area contributed by atoms with Gasteiger partial charge in [-0.3, -0.25) is 0 Å². The van der Waals surface area contributed by atoms with Crippen LogP contribution in [-0.2, 0) is 0 Å². The molecule has 3 heteroatoms. The van der Waals surface area contributed by atoms with E-state index in [1.54, 1.807) is 6.07 Å². The van der Waals surface area contributed by atoms with Crippen LogP contribution in [0.3, 0.4) is 0 Å². The van der Waals surface area contributed by atoms with Crippen LogP contribution in [0.25, 0.3) is 22.3 Å². The molecule has 3 nitrogen and oxygen atoms in total. The lowest BCUT2D eigenvalue weighted by Crippen LogP contribution is -2.13. The van der Waals surface area contributed by atoms with Crippen LogP contribution >= 0.6 is 0 Å². The molecule has 3 aromatic carbocycles. The van der Waals surface area contributed by atoms with Gasteiger partial charge in [-0.1, -0.05) is 68.3 Å². The van der Waals surface area contributed by atoms with Crippen LogP contribution in [0.4, 0.5) is 0 Å². The molecule has 3 aromatic rings. The van der Waals surface area contributed by atoms with Crippen molar-refractivity contribution in [2.45, 2.75) is 51.4 Å². The maximum absolute atomic E-state index is 11.9. The summed E-state index contributed by atoms with van der Waals surface area (Å²) in [5.74, 6) is 0.473. The summed E-state index contributed by atoms with van der Waals surface area (Å²) in [4.78, 5) is 11.9. The van der Waals surface area contributed by atoms with Crippen molar-refractivity contribution in [1.29, 1.82) is 5.26 Å². The smallest absolute Gasteiger partial charge is 0.336 e. The highest BCUT2D eigenvalue weighted by Crippen LogP contribution is 2.39. The summed E-state index contributed by atoms with van der Waals surface area (Å²) >= 11 is 0. The van der Waals surface area contributed by atoms with Crippen molar-refractivity contribution in [1.82, 2.24) is 0 Å². The van der Waals surface area contributed by atoms with E-state index in [-0.39, 0.29) is 0 Å². The summed E-state index contributed by atoms with van der Waals surface area (Å²) < 4.78 is 0. The van der Waals surface area contributed by atoms with Gasteiger partial charge in [0, 0.05) is 0 Å². The molecule has 0 heterocycles. The zero-order valence-electron chi connectivity index (χ0n) is 18.6. The van der Waals surface area contributed by atoms with E-state index in [0.717, 1.165) is 28.2 Å². The maximum atomic E-state index is 11.9. The van der Waals surface area contributed by atoms with Crippen LogP contribution < -0.4 is 0 Å². The highest BCUT2D eigenvalue weighted by molar-refractivity contribution is 5.96. The Kier molecular flexibility index (Phi) is 6.71. The zero-order chi connectivity index (χ0) is 22.5. The SMILES string of the molecule is CCCC1CCC(c2ccc(C(=O)O)c(-c3ccc(-c4ccc(C#N)cc4)cc3)c2)CC1. The number of nitriles is 1. The molecule has 4 rings (SSSR count). The minimum absolute atomic E-state index is 0.347. The van der Waals surface area contributed by atoms with Gasteiger partial charge in [0.05, 0.1) is 17.2 Å². The largest absolute Gasteiger partial charge is 0.478 e. The highest BCUT2D eigenvalue weighted by atomic mass is 16.4. The van der Waals surface area contributed by atoms with Gasteiger partial charge in [0.15, 0.2) is 0 Å². The molecule has 1 fully saturated rings. The van der Waals surface area contributed by atoms with Crippen molar-refractivity contribution in [2.24, 2.45) is 5.92 Å². The van der Waals surface area contributed by atoms with Crippen LogP contribution in [0.15, 0.2) is 66.7 Å². The normalized spacial score (nSPS) is 18.1. The Balaban J connectivity index is 1.61. The highest BCUT2D eigenvalue weighted by Gasteiger charge is 2.23. The van der Waals surface area contributed by atoms with Gasteiger partial charge in [0.2, 0.25) is 0 Å². The molecule has 1 saturated carbocycles. The van der Waals surface area contributed by atoms with Crippen molar-refractivity contribution >= 4 is 5.97 Å². The van der Waals surface area contributed by atoms with E-state index < -0.39 is 5.97 Å². The quantitative estimate of drug-likeness (QED) is 0.442. The van der Waals surface area contributed by atoms with Crippen molar-refractivity contribution in [3.63, 3.8) is 0 Å². The summed E-state index contributed by atoms with van der Waals surface area (Å²) in [7, 11) is 0. The van der Waals surface area contributed by atoms with E-state index in [0.29, 0.717) is 17.0 Å². The molecule has 1 N–H and O–H groups in total. The molecule has 0 unspecified atom stereocenters. The lowest BCUT2D eigenvalue weighted by atomic mass is 9.76. The van der Waals surface area contributed by atoms with Gasteiger partial charge >= 0.3 is 5.97 Å². The summed E-state index contributed by atoms with van der Waals surface area (Å²) in [5.41, 5.74) is 6.03. The van der Waals surface area contributed by atoms with Gasteiger partial charge in [-0.05, 0) is 83.5 Å². The fourth-order valence-electron chi connectivity index (χ4n) is 5.01. The Labute approximate surface area is 190 Å². The van der Waals surface area contributed by atoms with E-state index in [9.17, 15) is 9.90 Å². The molecular weight excluding hydrogens is 394 g/mol. The minimum Gasteiger partial charge on any atom is -0.478 e. The number of carboxylic acid groups (broad SMARTS) is 1. The monoisotopic (exact) mass is 423 g/mol. The number of aromatic carboxylic acids is 1. The summed E-state index contributed by atoms with van der Waals surface area (Å²) in [5, 5.41) is 18.8. The minimum atomic E-state index is -0.894. The average Bonchev–Trinajstić information content (AvgIpc) is 2.84. The lowest BCUT2D eigenvalue weighted by Gasteiger charge is -2.29. The standard InChI is InChI=1S/C29H29NO2/c1-2-3-20-4-8-24(9-5-20)26-16-17-27(29(31)32)28(18-26)25-14-12-23(13-15-25)22-10-6-21(19-30)7-11-22/h6-7,10-18,20,24H,2-5,8-9H2,1H3,(H,31,32). The Hall–Kier alpha value is -3.38. The van der Waals surface area contributed by atoms with Crippen LogP contribution in [0.5, 0.6) is 0 Å². The third kappa shape index (κ3) is 4.75. The van der Waals surface area contributed by atoms with E-state index in [4.69, 9.17) is 5.26 Å². The van der Waals surface area contributed by atoms with Gasteiger partial charge in [-0.2, -0.15) is 5.26 Å². The van der Waals surface area contributed by atoms with Crippen molar-refractivity contribution < 1.29 is 9.90 Å². The predicted molar refractivity (Wildman–Crippen MR) is 129 cm³/mol. The Morgan fingerprint density at radius 3 is 2.06 bits per heavy atom. The molecule has 1 aliphatic rings. The number of carbonyl (C=O) groups is 1. The second kappa shape index (κ2) is 9.83. The molecule has 32 heavy (non-hydrogen) atoms. The number of hydrogen-bond acceptors (Lipinski definition) is 2. The third-order valence-electron chi connectivity index (χ3n) is 6.83. The maximum Gasteiger partial charge on any atom is 0.336 e. The summed E-state index contributed by atoms with van der Waals surface area (Å²) in [6.07, 6.45) is 7.50. The number of carboxylic acids is 1. The van der Waals surface area contributed by atoms with Crippen LogP contribution in [0.1, 0.15) is 72.9 Å². The first kappa shape index (κ1) is 21.8. The van der Waals surface area contributed by atoms with Crippen LogP contribution in [0, 0.1) is 17.2 Å². The topological polar surface area (TPSA) is 61.1 Å². The predicted octanol–water partition coefficient (Wildman–Crippen LogP) is 7.66. The number of benzene rings is 3. The molecule has 0 aromatic heterocycles. The second-order valence-corrected chi connectivity index (χ2v) is 8.88. The molecule has 0 spiro atoms. The first-order valence-corrected chi connectivity index (χ1v) is 11.6. The van der Waals surface area contributed by atoms with Gasteiger partial charge in [0.1, 0.15) is 0 Å². The van der Waals surface area contributed by atoms with E-state index in [2.05, 4.69) is 19.1 Å². The molecule has 1 aliphatic carbocycles. The van der Waals surface area contributed by atoms with Gasteiger partial charge in [0.25, 0.3) is 0 Å². The Morgan fingerprint density at radius 2 is 1.50 bits per heavy atom. The molecule has 0 radical (unpaired) electrons. The fourth-order valence-corrected chi connectivity index (χ4v) is 5.01. The van der Waals surface area contributed by atoms with Gasteiger partial charge < -0.3 is 5.11 Å². The van der Waals surface area contributed by atoms with Gasteiger partial charge in [-0.25, -0.2) is 4.79 Å². The number of rotatable bonds is 6. The first-order chi connectivity index (χ1) is 15.6. The molecule has 0 saturated heterocycles. The number of hydrogen-bond donors (Lipinski definition) is 1. The molecule has 0 bridgehead atoms. The third-order valence-corrected chi connectivity index (χ3v) is 6.83. The van der Waals surface area contributed by atoms with E-state index in [1.807, 2.05) is 54.6 Å². The molecular formula is C29H29NO2. The van der Waals surface area contributed by atoms with Crippen molar-refractivity contribution in [3.05, 3.63) is 83.4 Å². The zero-order valence-corrected chi connectivity index (χ0v) is 18.6. The average molecular weight is 424 g/mol. The summed E-state index contributed by atoms with van der Waals surface area (Å²) in [6, 6.07) is 23.6. The lowest BCUT2D eigenvalue weighted by molar-refractivity contribution is 0.0697. The Morgan fingerprint density at radius 1 is 0.906 bits per heavy atom. The molecule has 0 atom stereocenters. The second-order valence-electron chi connectivity index (χ2n) is 8.88. The fraction of sp³-hybridized carbons (Fsp3) is 0.310. The Bertz CT molecular complexity index is 1120. The van der Waals surface area contributed by atoms with E-state index in [1.165, 1.54) is 44.1 Å². The number of nitrogens with zero attached hydrogens (tertiary/aromatic N) is 1. The first-order valence-electron chi connectivity index (χ1n) is 11.6. The van der Waals surface area contributed by atoms with Crippen molar-refractivity contribution in [3.8, 4) is 28.3 Å². The van der Waals surface area contributed by atoms with Crippen molar-refractivity contribution in [2.75, 3.05) is 0 Å². The van der Waals surface area contributed by atoms with Crippen LogP contribution in [-0.4, -0.2) is 11.1 Å². The molecule has 0 amide bonds. The molecule has 0 aliphatic heterocycles. The van der Waals surface area contributed by atoms with Crippen LogP contribution in [0.2, 0.25) is 0 Å². The van der Waals surface area contributed by atoms with Gasteiger partial charge in [-0.15, -0.1) is 0 Å². The molecule has 162 valence electrons.